The minimum absolute atomic E-state index is 0.0937. The van der Waals surface area contributed by atoms with E-state index in [-0.39, 0.29) is 23.5 Å². The maximum Gasteiger partial charge on any atom is 0.250 e. The van der Waals surface area contributed by atoms with Crippen molar-refractivity contribution < 1.29 is 12.9 Å². The normalized spacial score (nSPS) is 20.0. The minimum Gasteiger partial charge on any atom is -0.360 e. The van der Waals surface area contributed by atoms with Crippen molar-refractivity contribution in [3.63, 3.8) is 0 Å². The number of rotatable bonds is 4. The third kappa shape index (κ3) is 3.16. The number of anilines is 3. The molecule has 0 spiro atoms. The highest BCUT2D eigenvalue weighted by Gasteiger charge is 2.31. The van der Waals surface area contributed by atoms with Crippen molar-refractivity contribution in [2.45, 2.75) is 19.4 Å². The lowest BCUT2D eigenvalue weighted by Crippen LogP contribution is -2.33. The van der Waals surface area contributed by atoms with Crippen molar-refractivity contribution in [1.82, 2.24) is 20.3 Å². The van der Waals surface area contributed by atoms with E-state index in [1.807, 2.05) is 4.90 Å². The topological polar surface area (TPSA) is 114 Å². The quantitative estimate of drug-likeness (QED) is 0.860. The molecule has 118 valence electrons. The second kappa shape index (κ2) is 5.52. The van der Waals surface area contributed by atoms with E-state index in [0.29, 0.717) is 23.8 Å². The van der Waals surface area contributed by atoms with E-state index < -0.39 is 9.84 Å². The van der Waals surface area contributed by atoms with E-state index >= 15 is 0 Å². The van der Waals surface area contributed by atoms with Gasteiger partial charge in [-0.15, -0.1) is 5.10 Å². The van der Waals surface area contributed by atoms with E-state index in [1.54, 1.807) is 20.0 Å². The van der Waals surface area contributed by atoms with Crippen molar-refractivity contribution in [2.24, 2.45) is 0 Å². The van der Waals surface area contributed by atoms with Gasteiger partial charge in [0.05, 0.1) is 17.7 Å². The van der Waals surface area contributed by atoms with Crippen LogP contribution >= 0.6 is 0 Å². The molecule has 0 bridgehead atoms. The lowest BCUT2D eigenvalue weighted by Gasteiger charge is -2.23. The third-order valence-corrected chi connectivity index (χ3v) is 5.28. The molecule has 1 aliphatic rings. The van der Waals surface area contributed by atoms with Crippen LogP contribution in [0, 0.1) is 6.92 Å². The highest BCUT2D eigenvalue weighted by atomic mass is 32.2. The molecule has 2 aromatic rings. The van der Waals surface area contributed by atoms with E-state index in [0.717, 1.165) is 0 Å². The molecular weight excluding hydrogens is 308 g/mol. The third-order valence-electron chi connectivity index (χ3n) is 3.53. The Morgan fingerprint density at radius 1 is 1.45 bits per heavy atom. The Labute approximate surface area is 127 Å². The molecule has 3 rings (SSSR count). The second-order valence-corrected chi connectivity index (χ2v) is 7.48. The Morgan fingerprint density at radius 3 is 2.91 bits per heavy atom. The van der Waals surface area contributed by atoms with Crippen LogP contribution in [0.4, 0.5) is 17.6 Å². The largest absolute Gasteiger partial charge is 0.360 e. The molecule has 1 atom stereocenters. The van der Waals surface area contributed by atoms with Gasteiger partial charge < -0.3 is 14.7 Å². The summed E-state index contributed by atoms with van der Waals surface area (Å²) >= 11 is 0. The van der Waals surface area contributed by atoms with Gasteiger partial charge in [-0.3, -0.25) is 0 Å². The Kier molecular flexibility index (Phi) is 3.69. The van der Waals surface area contributed by atoms with E-state index in [4.69, 9.17) is 4.52 Å². The van der Waals surface area contributed by atoms with Gasteiger partial charge in [0.25, 0.3) is 0 Å². The van der Waals surface area contributed by atoms with Crippen LogP contribution in [0.3, 0.4) is 0 Å². The maximum absolute atomic E-state index is 11.6. The van der Waals surface area contributed by atoms with Crippen LogP contribution in [-0.2, 0) is 9.84 Å². The van der Waals surface area contributed by atoms with Crippen molar-refractivity contribution in [3.05, 3.63) is 18.0 Å². The SMILES string of the molecule is Cc1cc(Nc2nncc(N(C)C3CCS(=O)(=O)C3)n2)no1. The van der Waals surface area contributed by atoms with Crippen LogP contribution in [0.15, 0.2) is 16.8 Å². The summed E-state index contributed by atoms with van der Waals surface area (Å²) in [5, 5.41) is 14.5. The molecule has 2 aromatic heterocycles. The summed E-state index contributed by atoms with van der Waals surface area (Å²) in [6, 6.07) is 1.62. The molecule has 0 aromatic carbocycles. The zero-order valence-corrected chi connectivity index (χ0v) is 13.0. The lowest BCUT2D eigenvalue weighted by molar-refractivity contribution is 0.400. The van der Waals surface area contributed by atoms with Crippen LogP contribution in [0.1, 0.15) is 12.2 Å². The summed E-state index contributed by atoms with van der Waals surface area (Å²) < 4.78 is 28.1. The first-order chi connectivity index (χ1) is 10.4. The van der Waals surface area contributed by atoms with Gasteiger partial charge in [0.15, 0.2) is 21.5 Å². The number of nitrogens with zero attached hydrogens (tertiary/aromatic N) is 5. The van der Waals surface area contributed by atoms with Gasteiger partial charge >= 0.3 is 0 Å². The number of aryl methyl sites for hydroxylation is 1. The number of sulfone groups is 1. The van der Waals surface area contributed by atoms with Gasteiger partial charge in [-0.05, 0) is 13.3 Å². The predicted octanol–water partition coefficient (Wildman–Crippen LogP) is 0.535. The molecule has 1 saturated heterocycles. The fourth-order valence-corrected chi connectivity index (χ4v) is 4.10. The van der Waals surface area contributed by atoms with Crippen LogP contribution < -0.4 is 10.2 Å². The Bertz CT molecular complexity index is 775. The molecule has 1 unspecified atom stereocenters. The average molecular weight is 324 g/mol. The molecule has 10 heteroatoms. The van der Waals surface area contributed by atoms with Gasteiger partial charge in [-0.25, -0.2) is 8.42 Å². The molecular formula is C12H16N6O3S. The fraction of sp³-hybridized carbons (Fsp3) is 0.500. The zero-order chi connectivity index (χ0) is 15.7. The maximum atomic E-state index is 11.6. The number of nitrogens with one attached hydrogen (secondary N) is 1. The van der Waals surface area contributed by atoms with Crippen molar-refractivity contribution >= 4 is 27.4 Å². The minimum atomic E-state index is -2.95. The van der Waals surface area contributed by atoms with Crippen LogP contribution in [0.2, 0.25) is 0 Å². The first kappa shape index (κ1) is 14.7. The van der Waals surface area contributed by atoms with Gasteiger partial charge in [-0.1, -0.05) is 5.16 Å². The van der Waals surface area contributed by atoms with Crippen LogP contribution in [0.5, 0.6) is 0 Å². The molecule has 3 heterocycles. The summed E-state index contributed by atoms with van der Waals surface area (Å²) in [6.45, 7) is 1.78. The summed E-state index contributed by atoms with van der Waals surface area (Å²) in [4.78, 5) is 6.15. The summed E-state index contributed by atoms with van der Waals surface area (Å²) in [6.07, 6.45) is 2.10. The molecule has 1 N–H and O–H groups in total. The van der Waals surface area contributed by atoms with Crippen molar-refractivity contribution in [2.75, 3.05) is 28.8 Å². The average Bonchev–Trinajstić information content (AvgIpc) is 3.04. The first-order valence-corrected chi connectivity index (χ1v) is 8.58. The standard InChI is InChI=1S/C12H16N6O3S/c1-8-5-10(17-21-8)14-12-15-11(6-13-16-12)18(2)9-3-4-22(19,20)7-9/h5-6,9H,3-4,7H2,1-2H3,(H,14,15,16,17). The van der Waals surface area contributed by atoms with Crippen molar-refractivity contribution in [1.29, 1.82) is 0 Å². The molecule has 1 aliphatic heterocycles. The van der Waals surface area contributed by atoms with Crippen LogP contribution in [-0.4, -0.2) is 53.4 Å². The van der Waals surface area contributed by atoms with Gasteiger partial charge in [0.2, 0.25) is 5.95 Å². The molecule has 0 saturated carbocycles. The smallest absolute Gasteiger partial charge is 0.250 e. The number of aromatic nitrogens is 4. The molecule has 9 nitrogen and oxygen atoms in total. The predicted molar refractivity (Wildman–Crippen MR) is 79.8 cm³/mol. The first-order valence-electron chi connectivity index (χ1n) is 6.76. The number of hydrogen-bond acceptors (Lipinski definition) is 9. The molecule has 22 heavy (non-hydrogen) atoms. The van der Waals surface area contributed by atoms with Crippen LogP contribution in [0.25, 0.3) is 0 Å². The van der Waals surface area contributed by atoms with Crippen molar-refractivity contribution in [3.8, 4) is 0 Å². The second-order valence-electron chi connectivity index (χ2n) is 5.25. The Morgan fingerprint density at radius 2 is 2.27 bits per heavy atom. The molecule has 0 amide bonds. The fourth-order valence-electron chi connectivity index (χ4n) is 2.33. The van der Waals surface area contributed by atoms with E-state index in [9.17, 15) is 8.42 Å². The highest BCUT2D eigenvalue weighted by Crippen LogP contribution is 2.22. The summed E-state index contributed by atoms with van der Waals surface area (Å²) in [5.74, 6) is 2.34. The zero-order valence-electron chi connectivity index (χ0n) is 12.2. The Balaban J connectivity index is 1.76. The summed E-state index contributed by atoms with van der Waals surface area (Å²) in [5.41, 5.74) is 0. The lowest BCUT2D eigenvalue weighted by atomic mass is 10.2. The van der Waals surface area contributed by atoms with E-state index in [2.05, 4.69) is 25.7 Å². The molecule has 0 aliphatic carbocycles. The molecule has 1 fully saturated rings. The number of hydrogen-bond donors (Lipinski definition) is 1. The van der Waals surface area contributed by atoms with Gasteiger partial charge in [0, 0.05) is 19.2 Å². The molecule has 0 radical (unpaired) electrons. The highest BCUT2D eigenvalue weighted by molar-refractivity contribution is 7.91. The van der Waals surface area contributed by atoms with Gasteiger partial charge in [-0.2, -0.15) is 10.1 Å². The van der Waals surface area contributed by atoms with Gasteiger partial charge in [0.1, 0.15) is 5.76 Å². The monoisotopic (exact) mass is 324 g/mol. The Hall–Kier alpha value is -2.23. The van der Waals surface area contributed by atoms with E-state index in [1.165, 1.54) is 6.20 Å². The summed E-state index contributed by atoms with van der Waals surface area (Å²) in [7, 11) is -1.14.